The number of hydrogen-bond donors (Lipinski definition) is 1. The highest BCUT2D eigenvalue weighted by Gasteiger charge is 2.01. The van der Waals surface area contributed by atoms with Gasteiger partial charge in [-0.15, -0.1) is 11.3 Å². The Balaban J connectivity index is 2.70. The maximum absolute atomic E-state index is 8.64. The summed E-state index contributed by atoms with van der Waals surface area (Å²) in [4.78, 5) is 5.39. The minimum Gasteiger partial charge on any atom is -0.396 e. The maximum Gasteiger partial charge on any atom is 0.0797 e. The molecule has 0 bridgehead atoms. The fourth-order valence-electron chi connectivity index (χ4n) is 0.887. The molecule has 3 heteroatoms. The van der Waals surface area contributed by atoms with E-state index in [1.807, 2.05) is 5.51 Å². The summed E-state index contributed by atoms with van der Waals surface area (Å²) in [5.74, 6) is 0. The van der Waals surface area contributed by atoms with Gasteiger partial charge >= 0.3 is 0 Å². The first-order valence-corrected chi connectivity index (χ1v) is 4.28. The van der Waals surface area contributed by atoms with Crippen LogP contribution in [0, 0.1) is 0 Å². The van der Waals surface area contributed by atoms with Gasteiger partial charge < -0.3 is 5.11 Å². The van der Waals surface area contributed by atoms with Gasteiger partial charge in [0, 0.05) is 17.9 Å². The molecular weight excluding hydrogens is 146 g/mol. The molecular formula is C7H11NOS. The highest BCUT2D eigenvalue weighted by molar-refractivity contribution is 7.09. The molecule has 0 saturated heterocycles. The highest BCUT2D eigenvalue weighted by Crippen LogP contribution is 2.13. The van der Waals surface area contributed by atoms with Crippen LogP contribution in [0.25, 0.3) is 0 Å². The van der Waals surface area contributed by atoms with E-state index in [-0.39, 0.29) is 6.61 Å². The fourth-order valence-corrected chi connectivity index (χ4v) is 1.74. The molecule has 0 fully saturated rings. The predicted octanol–water partition coefficient (Wildman–Crippen LogP) is 1.24. The number of aliphatic hydroxyl groups excluding tert-OH is 1. The minimum atomic E-state index is 0.231. The van der Waals surface area contributed by atoms with Crippen LogP contribution in [-0.2, 0) is 12.8 Å². The molecule has 1 aromatic rings. The average molecular weight is 157 g/mol. The van der Waals surface area contributed by atoms with Crippen LogP contribution in [0.15, 0.2) is 5.51 Å². The lowest BCUT2D eigenvalue weighted by molar-refractivity contribution is 0.300. The summed E-state index contributed by atoms with van der Waals surface area (Å²) in [5.41, 5.74) is 2.98. The average Bonchev–Trinajstić information content (AvgIpc) is 2.36. The topological polar surface area (TPSA) is 33.1 Å². The van der Waals surface area contributed by atoms with E-state index < -0.39 is 0 Å². The first-order chi connectivity index (χ1) is 4.88. The van der Waals surface area contributed by atoms with Crippen molar-refractivity contribution in [2.45, 2.75) is 19.8 Å². The minimum absolute atomic E-state index is 0.231. The third-order valence-corrected chi connectivity index (χ3v) is 2.33. The van der Waals surface area contributed by atoms with Gasteiger partial charge in [0.25, 0.3) is 0 Å². The van der Waals surface area contributed by atoms with E-state index in [4.69, 9.17) is 5.11 Å². The van der Waals surface area contributed by atoms with Crippen LogP contribution in [0.3, 0.4) is 0 Å². The largest absolute Gasteiger partial charge is 0.396 e. The lowest BCUT2D eigenvalue weighted by Crippen LogP contribution is -1.92. The van der Waals surface area contributed by atoms with Crippen molar-refractivity contribution in [1.29, 1.82) is 0 Å². The normalized spacial score (nSPS) is 10.2. The molecule has 0 spiro atoms. The number of rotatable bonds is 3. The second kappa shape index (κ2) is 3.68. The molecule has 0 aliphatic carbocycles. The third kappa shape index (κ3) is 1.55. The van der Waals surface area contributed by atoms with Crippen LogP contribution in [0.2, 0.25) is 0 Å². The number of aryl methyl sites for hydroxylation is 1. The Hall–Kier alpha value is -0.410. The van der Waals surface area contributed by atoms with Gasteiger partial charge in [-0.05, 0) is 6.42 Å². The van der Waals surface area contributed by atoms with Crippen molar-refractivity contribution in [1.82, 2.24) is 4.98 Å². The number of thiazole rings is 1. The summed E-state index contributed by atoms with van der Waals surface area (Å²) in [6, 6.07) is 0. The quantitative estimate of drug-likeness (QED) is 0.716. The van der Waals surface area contributed by atoms with Gasteiger partial charge in [0.15, 0.2) is 0 Å². The van der Waals surface area contributed by atoms with Crippen LogP contribution in [0.4, 0.5) is 0 Å². The Morgan fingerprint density at radius 2 is 2.50 bits per heavy atom. The smallest absolute Gasteiger partial charge is 0.0797 e. The highest BCUT2D eigenvalue weighted by atomic mass is 32.1. The zero-order valence-corrected chi connectivity index (χ0v) is 6.82. The van der Waals surface area contributed by atoms with Crippen LogP contribution in [-0.4, -0.2) is 16.7 Å². The maximum atomic E-state index is 8.64. The molecule has 1 rings (SSSR count). The summed E-state index contributed by atoms with van der Waals surface area (Å²) in [6.07, 6.45) is 1.73. The van der Waals surface area contributed by atoms with E-state index in [0.717, 1.165) is 18.5 Å². The van der Waals surface area contributed by atoms with E-state index in [9.17, 15) is 0 Å². The van der Waals surface area contributed by atoms with Gasteiger partial charge in [-0.2, -0.15) is 0 Å². The molecule has 0 amide bonds. The van der Waals surface area contributed by atoms with Crippen molar-refractivity contribution in [2.75, 3.05) is 6.61 Å². The molecule has 0 atom stereocenters. The molecule has 1 heterocycles. The van der Waals surface area contributed by atoms with Crippen LogP contribution in [0.1, 0.15) is 17.5 Å². The number of aromatic nitrogens is 1. The van der Waals surface area contributed by atoms with Gasteiger partial charge in [0.05, 0.1) is 11.2 Å². The molecule has 1 N–H and O–H groups in total. The van der Waals surface area contributed by atoms with Crippen LogP contribution < -0.4 is 0 Å². The molecule has 0 saturated carbocycles. The van der Waals surface area contributed by atoms with E-state index in [0.29, 0.717) is 0 Å². The van der Waals surface area contributed by atoms with Gasteiger partial charge in [-0.1, -0.05) is 6.92 Å². The molecule has 0 unspecified atom stereocenters. The first kappa shape index (κ1) is 7.69. The molecule has 0 radical (unpaired) electrons. The fraction of sp³-hybridized carbons (Fsp3) is 0.571. The Labute approximate surface area is 64.5 Å². The summed E-state index contributed by atoms with van der Waals surface area (Å²) in [7, 11) is 0. The Morgan fingerprint density at radius 3 is 3.10 bits per heavy atom. The van der Waals surface area contributed by atoms with Crippen molar-refractivity contribution >= 4 is 11.3 Å². The number of aliphatic hydroxyl groups is 1. The van der Waals surface area contributed by atoms with Crippen molar-refractivity contribution < 1.29 is 5.11 Å². The van der Waals surface area contributed by atoms with Crippen molar-refractivity contribution in [2.24, 2.45) is 0 Å². The molecule has 0 aliphatic rings. The standard InChI is InChI=1S/C7H11NOS/c1-2-6-7(3-4-9)10-5-8-6/h5,9H,2-4H2,1H3. The van der Waals surface area contributed by atoms with E-state index in [1.165, 1.54) is 4.88 Å². The molecule has 2 nitrogen and oxygen atoms in total. The van der Waals surface area contributed by atoms with Gasteiger partial charge in [-0.25, -0.2) is 4.98 Å². The number of hydrogen-bond acceptors (Lipinski definition) is 3. The van der Waals surface area contributed by atoms with Crippen LogP contribution in [0.5, 0.6) is 0 Å². The van der Waals surface area contributed by atoms with Gasteiger partial charge in [0.2, 0.25) is 0 Å². The molecule has 1 aromatic heterocycles. The monoisotopic (exact) mass is 157 g/mol. The lowest BCUT2D eigenvalue weighted by Gasteiger charge is -1.94. The summed E-state index contributed by atoms with van der Waals surface area (Å²) >= 11 is 1.63. The zero-order valence-electron chi connectivity index (χ0n) is 6.00. The Kier molecular flexibility index (Phi) is 2.83. The molecule has 10 heavy (non-hydrogen) atoms. The van der Waals surface area contributed by atoms with Crippen LogP contribution >= 0.6 is 11.3 Å². The lowest BCUT2D eigenvalue weighted by atomic mass is 10.2. The van der Waals surface area contributed by atoms with Crippen molar-refractivity contribution in [3.63, 3.8) is 0 Å². The van der Waals surface area contributed by atoms with Crippen molar-refractivity contribution in [3.8, 4) is 0 Å². The molecule has 56 valence electrons. The summed E-state index contributed by atoms with van der Waals surface area (Å²) in [6.45, 7) is 2.31. The second-order valence-corrected chi connectivity index (χ2v) is 2.99. The zero-order chi connectivity index (χ0) is 7.40. The van der Waals surface area contributed by atoms with Crippen molar-refractivity contribution in [3.05, 3.63) is 16.1 Å². The third-order valence-electron chi connectivity index (χ3n) is 1.40. The Bertz CT molecular complexity index is 197. The summed E-state index contributed by atoms with van der Waals surface area (Å²) in [5, 5.41) is 8.64. The predicted molar refractivity (Wildman–Crippen MR) is 42.3 cm³/mol. The number of nitrogens with zero attached hydrogens (tertiary/aromatic N) is 1. The van der Waals surface area contributed by atoms with E-state index >= 15 is 0 Å². The SMILES string of the molecule is CCc1ncsc1CCO. The molecule has 0 aromatic carbocycles. The van der Waals surface area contributed by atoms with E-state index in [2.05, 4.69) is 11.9 Å². The van der Waals surface area contributed by atoms with E-state index in [1.54, 1.807) is 11.3 Å². The molecule has 0 aliphatic heterocycles. The first-order valence-electron chi connectivity index (χ1n) is 3.40. The summed E-state index contributed by atoms with van der Waals surface area (Å²) < 4.78 is 0. The Morgan fingerprint density at radius 1 is 1.70 bits per heavy atom. The second-order valence-electron chi connectivity index (χ2n) is 2.05. The van der Waals surface area contributed by atoms with Gasteiger partial charge in [-0.3, -0.25) is 0 Å². The van der Waals surface area contributed by atoms with Gasteiger partial charge in [0.1, 0.15) is 0 Å².